The summed E-state index contributed by atoms with van der Waals surface area (Å²) in [6.45, 7) is 10.4. The summed E-state index contributed by atoms with van der Waals surface area (Å²) < 4.78 is 0. The third kappa shape index (κ3) is 4.88. The lowest BCUT2D eigenvalue weighted by Gasteiger charge is -2.10. The SMILES string of the molecule is CC.Cc1cc(C(C)C)ccc1C(=O)NCCO. The second kappa shape index (κ2) is 8.70. The Morgan fingerprint density at radius 2 is 1.94 bits per heavy atom. The highest BCUT2D eigenvalue weighted by atomic mass is 16.3. The molecule has 18 heavy (non-hydrogen) atoms. The van der Waals surface area contributed by atoms with Gasteiger partial charge in [0.05, 0.1) is 6.61 Å². The first-order chi connectivity index (χ1) is 8.56. The molecule has 0 saturated heterocycles. The molecule has 0 radical (unpaired) electrons. The maximum atomic E-state index is 11.7. The number of carbonyl (C=O) groups is 1. The first kappa shape index (κ1) is 16.6. The fourth-order valence-corrected chi connectivity index (χ4v) is 1.57. The molecule has 3 nitrogen and oxygen atoms in total. The van der Waals surface area contributed by atoms with Crippen molar-refractivity contribution in [2.75, 3.05) is 13.2 Å². The van der Waals surface area contributed by atoms with Gasteiger partial charge in [-0.25, -0.2) is 0 Å². The lowest BCUT2D eigenvalue weighted by Crippen LogP contribution is -2.27. The van der Waals surface area contributed by atoms with Gasteiger partial charge in [-0.3, -0.25) is 4.79 Å². The maximum Gasteiger partial charge on any atom is 0.251 e. The smallest absolute Gasteiger partial charge is 0.251 e. The summed E-state index contributed by atoms with van der Waals surface area (Å²) in [5.74, 6) is 0.343. The van der Waals surface area contributed by atoms with E-state index in [-0.39, 0.29) is 12.5 Å². The van der Waals surface area contributed by atoms with Crippen molar-refractivity contribution in [1.82, 2.24) is 5.32 Å². The van der Waals surface area contributed by atoms with Gasteiger partial charge >= 0.3 is 0 Å². The van der Waals surface area contributed by atoms with Gasteiger partial charge in [-0.05, 0) is 30.0 Å². The van der Waals surface area contributed by atoms with E-state index in [1.807, 2.05) is 39.0 Å². The third-order valence-corrected chi connectivity index (χ3v) is 2.56. The van der Waals surface area contributed by atoms with E-state index in [4.69, 9.17) is 5.11 Å². The molecular formula is C15H25NO2. The molecule has 0 atom stereocenters. The number of hydrogen-bond acceptors (Lipinski definition) is 2. The molecule has 2 N–H and O–H groups in total. The zero-order valence-electron chi connectivity index (χ0n) is 12.1. The van der Waals surface area contributed by atoms with Gasteiger partial charge in [0, 0.05) is 12.1 Å². The minimum Gasteiger partial charge on any atom is -0.395 e. The largest absolute Gasteiger partial charge is 0.395 e. The molecule has 1 amide bonds. The second-order valence-corrected chi connectivity index (χ2v) is 4.21. The molecule has 1 rings (SSSR count). The Hall–Kier alpha value is -1.35. The minimum atomic E-state index is -0.123. The van der Waals surface area contributed by atoms with E-state index in [1.54, 1.807) is 0 Å². The molecule has 1 aromatic carbocycles. The van der Waals surface area contributed by atoms with Crippen LogP contribution in [0.3, 0.4) is 0 Å². The Kier molecular flexibility index (Phi) is 8.05. The fraction of sp³-hybridized carbons (Fsp3) is 0.533. The molecule has 0 heterocycles. The van der Waals surface area contributed by atoms with Crippen molar-refractivity contribution < 1.29 is 9.90 Å². The number of aryl methyl sites for hydroxylation is 1. The quantitative estimate of drug-likeness (QED) is 0.864. The van der Waals surface area contributed by atoms with E-state index in [9.17, 15) is 4.79 Å². The average molecular weight is 251 g/mol. The van der Waals surface area contributed by atoms with E-state index < -0.39 is 0 Å². The van der Waals surface area contributed by atoms with Crippen LogP contribution in [-0.4, -0.2) is 24.2 Å². The predicted octanol–water partition coefficient (Wildman–Crippen LogP) is 2.87. The van der Waals surface area contributed by atoms with Crippen LogP contribution in [0.25, 0.3) is 0 Å². The highest BCUT2D eigenvalue weighted by Gasteiger charge is 2.09. The first-order valence-corrected chi connectivity index (χ1v) is 6.56. The highest BCUT2D eigenvalue weighted by molar-refractivity contribution is 5.95. The van der Waals surface area contributed by atoms with Crippen LogP contribution in [0.2, 0.25) is 0 Å². The summed E-state index contributed by atoms with van der Waals surface area (Å²) in [4.78, 5) is 11.7. The number of nitrogens with one attached hydrogen (secondary N) is 1. The maximum absolute atomic E-state index is 11.7. The van der Waals surface area contributed by atoms with Crippen LogP contribution in [-0.2, 0) is 0 Å². The molecule has 0 bridgehead atoms. The van der Waals surface area contributed by atoms with Crippen molar-refractivity contribution >= 4 is 5.91 Å². The van der Waals surface area contributed by atoms with E-state index in [0.717, 1.165) is 5.56 Å². The third-order valence-electron chi connectivity index (χ3n) is 2.56. The predicted molar refractivity (Wildman–Crippen MR) is 76.0 cm³/mol. The highest BCUT2D eigenvalue weighted by Crippen LogP contribution is 2.18. The molecule has 0 saturated carbocycles. The van der Waals surface area contributed by atoms with Crippen LogP contribution in [0.1, 0.15) is 55.1 Å². The van der Waals surface area contributed by atoms with Gasteiger partial charge in [0.1, 0.15) is 0 Å². The molecule has 0 aromatic heterocycles. The van der Waals surface area contributed by atoms with E-state index in [1.165, 1.54) is 5.56 Å². The molecule has 0 aliphatic rings. The number of aliphatic hydroxyl groups is 1. The van der Waals surface area contributed by atoms with E-state index in [2.05, 4.69) is 19.2 Å². The summed E-state index contributed by atoms with van der Waals surface area (Å²) in [5, 5.41) is 11.3. The summed E-state index contributed by atoms with van der Waals surface area (Å²) in [6.07, 6.45) is 0. The summed E-state index contributed by atoms with van der Waals surface area (Å²) >= 11 is 0. The van der Waals surface area contributed by atoms with E-state index in [0.29, 0.717) is 18.0 Å². The normalized spacial score (nSPS) is 9.72. The molecule has 102 valence electrons. The monoisotopic (exact) mass is 251 g/mol. The number of aliphatic hydroxyl groups excluding tert-OH is 1. The fourth-order valence-electron chi connectivity index (χ4n) is 1.57. The first-order valence-electron chi connectivity index (χ1n) is 6.56. The van der Waals surface area contributed by atoms with Gasteiger partial charge < -0.3 is 10.4 Å². The molecule has 0 fully saturated rings. The van der Waals surface area contributed by atoms with Crippen LogP contribution in [0.4, 0.5) is 0 Å². The molecule has 0 spiro atoms. The zero-order chi connectivity index (χ0) is 14.1. The Balaban J connectivity index is 0.00000137. The number of benzene rings is 1. The Morgan fingerprint density at radius 1 is 1.33 bits per heavy atom. The Morgan fingerprint density at radius 3 is 2.39 bits per heavy atom. The topological polar surface area (TPSA) is 49.3 Å². The number of carbonyl (C=O) groups excluding carboxylic acids is 1. The van der Waals surface area contributed by atoms with Gasteiger partial charge in [0.2, 0.25) is 0 Å². The van der Waals surface area contributed by atoms with Crippen molar-refractivity contribution in [2.45, 2.75) is 40.5 Å². The van der Waals surface area contributed by atoms with Crippen molar-refractivity contribution in [3.63, 3.8) is 0 Å². The Labute approximate surface area is 110 Å². The molecule has 0 aliphatic carbocycles. The van der Waals surface area contributed by atoms with Crippen molar-refractivity contribution in [1.29, 1.82) is 0 Å². The number of amides is 1. The van der Waals surface area contributed by atoms with Crippen LogP contribution < -0.4 is 5.32 Å². The van der Waals surface area contributed by atoms with Gasteiger partial charge in [0.25, 0.3) is 5.91 Å². The van der Waals surface area contributed by atoms with Gasteiger partial charge in [-0.15, -0.1) is 0 Å². The molecule has 0 unspecified atom stereocenters. The van der Waals surface area contributed by atoms with Gasteiger partial charge in [-0.2, -0.15) is 0 Å². The van der Waals surface area contributed by atoms with Crippen LogP contribution >= 0.6 is 0 Å². The summed E-state index contributed by atoms with van der Waals surface area (Å²) in [6, 6.07) is 5.86. The minimum absolute atomic E-state index is 0.0329. The lowest BCUT2D eigenvalue weighted by atomic mass is 9.98. The van der Waals surface area contributed by atoms with Crippen LogP contribution in [0, 0.1) is 6.92 Å². The zero-order valence-corrected chi connectivity index (χ0v) is 12.1. The average Bonchev–Trinajstić information content (AvgIpc) is 2.38. The van der Waals surface area contributed by atoms with Gasteiger partial charge in [0.15, 0.2) is 0 Å². The molecule has 3 heteroatoms. The van der Waals surface area contributed by atoms with Gasteiger partial charge in [-0.1, -0.05) is 39.8 Å². The Bertz CT molecular complexity index is 373. The van der Waals surface area contributed by atoms with Crippen molar-refractivity contribution in [3.05, 3.63) is 34.9 Å². The molecular weight excluding hydrogens is 226 g/mol. The lowest BCUT2D eigenvalue weighted by molar-refractivity contribution is 0.0944. The number of hydrogen-bond donors (Lipinski definition) is 2. The molecule has 1 aromatic rings. The summed E-state index contributed by atoms with van der Waals surface area (Å²) in [7, 11) is 0. The standard InChI is InChI=1S/C13H19NO2.C2H6/c1-9(2)11-4-5-12(10(3)8-11)13(16)14-6-7-15;1-2/h4-5,8-9,15H,6-7H2,1-3H3,(H,14,16);1-2H3. The number of rotatable bonds is 4. The van der Waals surface area contributed by atoms with Crippen molar-refractivity contribution in [3.8, 4) is 0 Å². The van der Waals surface area contributed by atoms with Crippen LogP contribution in [0.15, 0.2) is 18.2 Å². The van der Waals surface area contributed by atoms with Crippen molar-refractivity contribution in [2.24, 2.45) is 0 Å². The molecule has 0 aliphatic heterocycles. The van der Waals surface area contributed by atoms with E-state index >= 15 is 0 Å². The van der Waals surface area contributed by atoms with Crippen LogP contribution in [0.5, 0.6) is 0 Å². The second-order valence-electron chi connectivity index (χ2n) is 4.21. The summed E-state index contributed by atoms with van der Waals surface area (Å²) in [5.41, 5.74) is 2.88.